The molecular weight excluding hydrogens is 195 g/mol. The molecule has 0 atom stereocenters. The molecule has 0 aliphatic rings. The van der Waals surface area contributed by atoms with Crippen molar-refractivity contribution in [2.75, 3.05) is 0 Å². The van der Waals surface area contributed by atoms with E-state index in [9.17, 15) is 0 Å². The van der Waals surface area contributed by atoms with Crippen LogP contribution < -0.4 is 0 Å². The molecule has 0 radical (unpaired) electrons. The first kappa shape index (κ1) is 9.75. The molecule has 0 fully saturated rings. The molecule has 1 aromatic heterocycles. The van der Waals surface area contributed by atoms with Crippen molar-refractivity contribution in [3.05, 3.63) is 22.2 Å². The van der Waals surface area contributed by atoms with Gasteiger partial charge >= 0.3 is 0 Å². The molecule has 0 aromatic carbocycles. The molecule has 0 amide bonds. The normalized spacial score (nSPS) is 10.8. The van der Waals surface area contributed by atoms with Crippen LogP contribution in [0.15, 0.2) is 6.07 Å². The first-order valence-corrected chi connectivity index (χ1v) is 4.52. The van der Waals surface area contributed by atoms with Crippen molar-refractivity contribution >= 4 is 23.2 Å². The topological polar surface area (TPSA) is 25.8 Å². The van der Waals surface area contributed by atoms with Crippen LogP contribution in [0.25, 0.3) is 0 Å². The first-order chi connectivity index (χ1) is 5.58. The zero-order valence-corrected chi connectivity index (χ0v) is 8.52. The maximum Gasteiger partial charge on any atom is 0.134 e. The van der Waals surface area contributed by atoms with E-state index in [1.54, 1.807) is 0 Å². The van der Waals surface area contributed by atoms with Gasteiger partial charge in [-0.05, 0) is 5.92 Å². The van der Waals surface area contributed by atoms with E-state index in [4.69, 9.17) is 23.2 Å². The summed E-state index contributed by atoms with van der Waals surface area (Å²) in [4.78, 5) is 8.09. The van der Waals surface area contributed by atoms with Crippen LogP contribution in [0.2, 0.25) is 10.3 Å². The van der Waals surface area contributed by atoms with Crippen LogP contribution in [0, 0.1) is 5.92 Å². The molecule has 1 rings (SSSR count). The lowest BCUT2D eigenvalue weighted by atomic mass is 10.1. The van der Waals surface area contributed by atoms with Crippen molar-refractivity contribution in [3.63, 3.8) is 0 Å². The lowest BCUT2D eigenvalue weighted by molar-refractivity contribution is 0.620. The largest absolute Gasteiger partial charge is 0.221 e. The summed E-state index contributed by atoms with van der Waals surface area (Å²) in [5, 5.41) is 0.816. The van der Waals surface area contributed by atoms with Crippen molar-refractivity contribution in [3.8, 4) is 0 Å². The van der Waals surface area contributed by atoms with Crippen LogP contribution in [0.4, 0.5) is 0 Å². The summed E-state index contributed by atoms with van der Waals surface area (Å²) in [5.41, 5.74) is 0. The summed E-state index contributed by atoms with van der Waals surface area (Å²) in [7, 11) is 0. The number of rotatable bonds is 2. The summed E-state index contributed by atoms with van der Waals surface area (Å²) in [6.45, 7) is 4.19. The molecule has 0 aliphatic heterocycles. The Labute approximate surface area is 81.9 Å². The van der Waals surface area contributed by atoms with E-state index >= 15 is 0 Å². The van der Waals surface area contributed by atoms with Gasteiger partial charge in [-0.25, -0.2) is 9.97 Å². The van der Waals surface area contributed by atoms with E-state index in [1.807, 2.05) is 0 Å². The van der Waals surface area contributed by atoms with Crippen molar-refractivity contribution in [2.45, 2.75) is 20.3 Å². The van der Waals surface area contributed by atoms with Gasteiger partial charge in [0.1, 0.15) is 16.1 Å². The van der Waals surface area contributed by atoms with Crippen molar-refractivity contribution in [1.29, 1.82) is 0 Å². The first-order valence-electron chi connectivity index (χ1n) is 3.77. The van der Waals surface area contributed by atoms with Gasteiger partial charge in [-0.2, -0.15) is 0 Å². The molecule has 0 bridgehead atoms. The lowest BCUT2D eigenvalue weighted by Crippen LogP contribution is -2.00. The Morgan fingerprint density at radius 1 is 1.25 bits per heavy atom. The quantitative estimate of drug-likeness (QED) is 0.693. The molecule has 0 saturated carbocycles. The molecular formula is C8H10Cl2N2. The monoisotopic (exact) mass is 204 g/mol. The molecule has 0 spiro atoms. The van der Waals surface area contributed by atoms with Crippen molar-refractivity contribution < 1.29 is 0 Å². The van der Waals surface area contributed by atoms with E-state index in [2.05, 4.69) is 23.8 Å². The van der Waals surface area contributed by atoms with Crippen LogP contribution in [0.1, 0.15) is 19.7 Å². The zero-order valence-electron chi connectivity index (χ0n) is 7.01. The van der Waals surface area contributed by atoms with Gasteiger partial charge in [0, 0.05) is 12.5 Å². The smallest absolute Gasteiger partial charge is 0.134 e. The van der Waals surface area contributed by atoms with Gasteiger partial charge in [-0.3, -0.25) is 0 Å². The maximum absolute atomic E-state index is 5.70. The van der Waals surface area contributed by atoms with E-state index < -0.39 is 0 Å². The highest BCUT2D eigenvalue weighted by molar-refractivity contribution is 6.33. The SMILES string of the molecule is CC(C)Cc1nc(Cl)cc(Cl)n1. The van der Waals surface area contributed by atoms with E-state index in [1.165, 1.54) is 6.07 Å². The van der Waals surface area contributed by atoms with Crippen molar-refractivity contribution in [2.24, 2.45) is 5.92 Å². The number of hydrogen-bond acceptors (Lipinski definition) is 2. The Kier molecular flexibility index (Phi) is 3.29. The maximum atomic E-state index is 5.70. The Morgan fingerprint density at radius 3 is 2.17 bits per heavy atom. The highest BCUT2D eigenvalue weighted by Crippen LogP contribution is 2.13. The fourth-order valence-corrected chi connectivity index (χ4v) is 1.35. The highest BCUT2D eigenvalue weighted by atomic mass is 35.5. The third kappa shape index (κ3) is 2.95. The summed E-state index contributed by atoms with van der Waals surface area (Å²) < 4.78 is 0. The van der Waals surface area contributed by atoms with E-state index in [0.29, 0.717) is 22.0 Å². The van der Waals surface area contributed by atoms with Gasteiger partial charge in [0.15, 0.2) is 0 Å². The summed E-state index contributed by atoms with van der Waals surface area (Å²) in [5.74, 6) is 1.22. The van der Waals surface area contributed by atoms with Crippen LogP contribution in [-0.4, -0.2) is 9.97 Å². The van der Waals surface area contributed by atoms with Crippen LogP contribution in [0.5, 0.6) is 0 Å². The minimum Gasteiger partial charge on any atom is -0.221 e. The molecule has 4 heteroatoms. The minimum atomic E-state index is 0.408. The number of aromatic nitrogens is 2. The van der Waals surface area contributed by atoms with Crippen LogP contribution >= 0.6 is 23.2 Å². The Balaban J connectivity index is 2.85. The molecule has 12 heavy (non-hydrogen) atoms. The second-order valence-electron chi connectivity index (χ2n) is 3.03. The van der Waals surface area contributed by atoms with E-state index in [0.717, 1.165) is 6.42 Å². The lowest BCUT2D eigenvalue weighted by Gasteiger charge is -2.03. The Hall–Kier alpha value is -0.340. The summed E-state index contributed by atoms with van der Waals surface area (Å²) in [6.07, 6.45) is 0.806. The number of hydrogen-bond donors (Lipinski definition) is 0. The molecule has 66 valence electrons. The second-order valence-corrected chi connectivity index (χ2v) is 3.80. The molecule has 1 heterocycles. The van der Waals surface area contributed by atoms with Gasteiger partial charge < -0.3 is 0 Å². The van der Waals surface area contributed by atoms with E-state index in [-0.39, 0.29) is 0 Å². The number of nitrogens with zero attached hydrogens (tertiary/aromatic N) is 2. The number of halogens is 2. The molecule has 0 unspecified atom stereocenters. The highest BCUT2D eigenvalue weighted by Gasteiger charge is 2.03. The van der Waals surface area contributed by atoms with Gasteiger partial charge in [-0.1, -0.05) is 37.0 Å². The third-order valence-electron chi connectivity index (χ3n) is 1.30. The van der Waals surface area contributed by atoms with Gasteiger partial charge in [0.05, 0.1) is 0 Å². The summed E-state index contributed by atoms with van der Waals surface area (Å²) >= 11 is 11.4. The van der Waals surface area contributed by atoms with Crippen LogP contribution in [-0.2, 0) is 6.42 Å². The van der Waals surface area contributed by atoms with Gasteiger partial charge in [0.25, 0.3) is 0 Å². The Morgan fingerprint density at radius 2 is 1.75 bits per heavy atom. The van der Waals surface area contributed by atoms with Gasteiger partial charge in [0.2, 0.25) is 0 Å². The average Bonchev–Trinajstić information content (AvgIpc) is 1.81. The third-order valence-corrected chi connectivity index (χ3v) is 1.69. The average molecular weight is 205 g/mol. The molecule has 0 saturated heterocycles. The molecule has 1 aromatic rings. The zero-order chi connectivity index (χ0) is 9.14. The predicted octanol–water partition coefficient (Wildman–Crippen LogP) is 2.98. The van der Waals surface area contributed by atoms with Gasteiger partial charge in [-0.15, -0.1) is 0 Å². The minimum absolute atomic E-state index is 0.408. The van der Waals surface area contributed by atoms with Crippen LogP contribution in [0.3, 0.4) is 0 Å². The molecule has 0 aliphatic carbocycles. The predicted molar refractivity (Wildman–Crippen MR) is 50.6 cm³/mol. The molecule has 0 N–H and O–H groups in total. The second kappa shape index (κ2) is 4.06. The summed E-state index contributed by atoms with van der Waals surface area (Å²) in [6, 6.07) is 1.53. The Bertz CT molecular complexity index is 254. The van der Waals surface area contributed by atoms with Crippen molar-refractivity contribution in [1.82, 2.24) is 9.97 Å². The standard InChI is InChI=1S/C8H10Cl2N2/c1-5(2)3-8-11-6(9)4-7(10)12-8/h4-5H,3H2,1-2H3. The fourth-order valence-electron chi connectivity index (χ4n) is 0.891. The molecule has 2 nitrogen and oxygen atoms in total. The fraction of sp³-hybridized carbons (Fsp3) is 0.500.